The zero-order chi connectivity index (χ0) is 11.3. The van der Waals surface area contributed by atoms with E-state index in [1.54, 1.807) is 6.07 Å². The van der Waals surface area contributed by atoms with Crippen molar-refractivity contribution in [3.05, 3.63) is 33.8 Å². The van der Waals surface area contributed by atoms with Gasteiger partial charge in [0.15, 0.2) is 0 Å². The number of alkyl halides is 1. The van der Waals surface area contributed by atoms with Gasteiger partial charge < -0.3 is 5.32 Å². The van der Waals surface area contributed by atoms with Crippen molar-refractivity contribution in [2.24, 2.45) is 0 Å². The first-order valence-corrected chi connectivity index (χ1v) is 6.11. The first kappa shape index (κ1) is 13.1. The normalized spacial score (nSPS) is 12.8. The average Bonchev–Trinajstić information content (AvgIpc) is 2.23. The maximum Gasteiger partial charge on any atom is 0.0595 e. The summed E-state index contributed by atoms with van der Waals surface area (Å²) in [6.07, 6.45) is 0.968. The molecule has 1 atom stereocenters. The predicted molar refractivity (Wildman–Crippen MR) is 68.1 cm³/mol. The maximum atomic E-state index is 5.98. The molecule has 4 heteroatoms. The largest absolute Gasteiger partial charge is 0.311 e. The quantitative estimate of drug-likeness (QED) is 0.791. The summed E-state index contributed by atoms with van der Waals surface area (Å²) in [6.45, 7) is 3.64. The minimum atomic E-state index is 0.188. The highest BCUT2D eigenvalue weighted by atomic mass is 35.5. The third-order valence-corrected chi connectivity index (χ3v) is 3.32. The van der Waals surface area contributed by atoms with Crippen LogP contribution in [0.2, 0.25) is 10.0 Å². The second-order valence-electron chi connectivity index (χ2n) is 3.38. The number of rotatable bonds is 5. The maximum absolute atomic E-state index is 5.98. The van der Waals surface area contributed by atoms with Crippen molar-refractivity contribution in [1.29, 1.82) is 0 Å². The number of nitrogens with one attached hydrogen (secondary N) is 1. The van der Waals surface area contributed by atoms with E-state index in [0.717, 1.165) is 25.1 Å². The van der Waals surface area contributed by atoms with Gasteiger partial charge in [-0.05, 0) is 24.1 Å². The summed E-state index contributed by atoms with van der Waals surface area (Å²) >= 11 is 17.7. The molecule has 0 saturated heterocycles. The van der Waals surface area contributed by atoms with Crippen LogP contribution in [0, 0.1) is 0 Å². The molecule has 0 aliphatic heterocycles. The Morgan fingerprint density at radius 1 is 1.27 bits per heavy atom. The van der Waals surface area contributed by atoms with Crippen LogP contribution in [-0.2, 0) is 6.54 Å². The minimum absolute atomic E-state index is 0.188. The number of hydrogen-bond donors (Lipinski definition) is 1. The van der Waals surface area contributed by atoms with Gasteiger partial charge in [-0.1, -0.05) is 36.2 Å². The van der Waals surface area contributed by atoms with Gasteiger partial charge in [0.1, 0.15) is 0 Å². The molecule has 0 aliphatic rings. The van der Waals surface area contributed by atoms with Gasteiger partial charge in [0.05, 0.1) is 10.0 Å². The number of halogens is 3. The molecular weight excluding hydrogens is 252 g/mol. The highest BCUT2D eigenvalue weighted by molar-refractivity contribution is 6.42. The molecule has 0 saturated carbocycles. The molecular formula is C11H14Cl3N. The summed E-state index contributed by atoms with van der Waals surface area (Å²) in [6, 6.07) is 5.63. The van der Waals surface area contributed by atoms with Crippen LogP contribution in [0.25, 0.3) is 0 Å². The summed E-state index contributed by atoms with van der Waals surface area (Å²) in [5.74, 6) is 0. The molecule has 0 heterocycles. The Labute approximate surface area is 106 Å². The number of benzene rings is 1. The van der Waals surface area contributed by atoms with Crippen LogP contribution in [0.1, 0.15) is 18.9 Å². The number of hydrogen-bond acceptors (Lipinski definition) is 1. The van der Waals surface area contributed by atoms with Crippen LogP contribution in [0.4, 0.5) is 0 Å². The van der Waals surface area contributed by atoms with E-state index in [0.29, 0.717) is 10.0 Å². The van der Waals surface area contributed by atoms with E-state index in [2.05, 4.69) is 12.2 Å². The molecule has 15 heavy (non-hydrogen) atoms. The third kappa shape index (κ3) is 4.60. The molecule has 0 spiro atoms. The van der Waals surface area contributed by atoms with Gasteiger partial charge in [-0.15, -0.1) is 11.6 Å². The zero-order valence-corrected chi connectivity index (χ0v) is 10.8. The lowest BCUT2D eigenvalue weighted by atomic mass is 10.2. The van der Waals surface area contributed by atoms with Crippen LogP contribution in [-0.4, -0.2) is 11.9 Å². The highest BCUT2D eigenvalue weighted by Gasteiger charge is 2.02. The topological polar surface area (TPSA) is 12.0 Å². The summed E-state index contributed by atoms with van der Waals surface area (Å²) in [5.41, 5.74) is 1.12. The summed E-state index contributed by atoms with van der Waals surface area (Å²) in [7, 11) is 0. The van der Waals surface area contributed by atoms with Crippen molar-refractivity contribution >= 4 is 34.8 Å². The van der Waals surface area contributed by atoms with E-state index in [9.17, 15) is 0 Å². The van der Waals surface area contributed by atoms with Crippen LogP contribution in [0.15, 0.2) is 18.2 Å². The van der Waals surface area contributed by atoms with E-state index < -0.39 is 0 Å². The Kier molecular flexibility index (Phi) is 5.77. The molecule has 0 amide bonds. The van der Waals surface area contributed by atoms with E-state index in [4.69, 9.17) is 34.8 Å². The van der Waals surface area contributed by atoms with E-state index >= 15 is 0 Å². The van der Waals surface area contributed by atoms with Gasteiger partial charge >= 0.3 is 0 Å². The molecule has 0 aliphatic carbocycles. The molecule has 1 N–H and O–H groups in total. The van der Waals surface area contributed by atoms with Crippen molar-refractivity contribution in [3.63, 3.8) is 0 Å². The smallest absolute Gasteiger partial charge is 0.0595 e. The third-order valence-electron chi connectivity index (χ3n) is 2.12. The van der Waals surface area contributed by atoms with Gasteiger partial charge in [-0.3, -0.25) is 0 Å². The summed E-state index contributed by atoms with van der Waals surface area (Å²) in [5, 5.41) is 4.63. The lowest BCUT2D eigenvalue weighted by Gasteiger charge is -2.08. The molecule has 0 fully saturated rings. The fraction of sp³-hybridized carbons (Fsp3) is 0.455. The zero-order valence-electron chi connectivity index (χ0n) is 8.56. The Morgan fingerprint density at radius 2 is 2.00 bits per heavy atom. The van der Waals surface area contributed by atoms with E-state index in [1.807, 2.05) is 12.1 Å². The summed E-state index contributed by atoms with van der Waals surface area (Å²) < 4.78 is 0. The second-order valence-corrected chi connectivity index (χ2v) is 4.82. The van der Waals surface area contributed by atoms with Gasteiger partial charge in [-0.25, -0.2) is 0 Å². The van der Waals surface area contributed by atoms with Gasteiger partial charge in [0.2, 0.25) is 0 Å². The lowest BCUT2D eigenvalue weighted by Crippen LogP contribution is -2.22. The van der Waals surface area contributed by atoms with Gasteiger partial charge in [0, 0.05) is 18.5 Å². The second kappa shape index (κ2) is 6.59. The standard InChI is InChI=1S/C11H14Cl3N/c1-2-9(12)7-15-6-8-3-4-10(13)11(14)5-8/h3-5,9,15H,2,6-7H2,1H3. The molecule has 1 aromatic rings. The first-order valence-electron chi connectivity index (χ1n) is 4.92. The average molecular weight is 267 g/mol. The Balaban J connectivity index is 2.41. The SMILES string of the molecule is CCC(Cl)CNCc1ccc(Cl)c(Cl)c1. The Bertz CT molecular complexity index is 315. The van der Waals surface area contributed by atoms with E-state index in [-0.39, 0.29) is 5.38 Å². The predicted octanol–water partition coefficient (Wildman–Crippen LogP) is 4.10. The fourth-order valence-electron chi connectivity index (χ4n) is 1.17. The van der Waals surface area contributed by atoms with Crippen molar-refractivity contribution in [3.8, 4) is 0 Å². The fourth-order valence-corrected chi connectivity index (χ4v) is 1.60. The van der Waals surface area contributed by atoms with Crippen LogP contribution in [0.3, 0.4) is 0 Å². The van der Waals surface area contributed by atoms with E-state index in [1.165, 1.54) is 0 Å². The van der Waals surface area contributed by atoms with Gasteiger partial charge in [0.25, 0.3) is 0 Å². The molecule has 1 nitrogen and oxygen atoms in total. The molecule has 1 unspecified atom stereocenters. The monoisotopic (exact) mass is 265 g/mol. The lowest BCUT2D eigenvalue weighted by molar-refractivity contribution is 0.647. The molecule has 0 radical (unpaired) electrons. The van der Waals surface area contributed by atoms with Crippen molar-refractivity contribution < 1.29 is 0 Å². The van der Waals surface area contributed by atoms with Crippen molar-refractivity contribution in [1.82, 2.24) is 5.32 Å². The minimum Gasteiger partial charge on any atom is -0.311 e. The van der Waals surface area contributed by atoms with Crippen LogP contribution in [0.5, 0.6) is 0 Å². The Morgan fingerprint density at radius 3 is 2.60 bits per heavy atom. The molecule has 1 aromatic carbocycles. The van der Waals surface area contributed by atoms with Gasteiger partial charge in [-0.2, -0.15) is 0 Å². The Hall–Kier alpha value is 0.0500. The van der Waals surface area contributed by atoms with Crippen LogP contribution < -0.4 is 5.32 Å². The van der Waals surface area contributed by atoms with Crippen molar-refractivity contribution in [2.45, 2.75) is 25.3 Å². The molecule has 84 valence electrons. The molecule has 1 rings (SSSR count). The first-order chi connectivity index (χ1) is 7.13. The molecule has 0 aromatic heterocycles. The summed E-state index contributed by atoms with van der Waals surface area (Å²) in [4.78, 5) is 0. The molecule has 0 bridgehead atoms. The van der Waals surface area contributed by atoms with Crippen LogP contribution >= 0.6 is 34.8 Å². The highest BCUT2D eigenvalue weighted by Crippen LogP contribution is 2.22. The van der Waals surface area contributed by atoms with Crippen molar-refractivity contribution in [2.75, 3.05) is 6.54 Å².